The first-order chi connectivity index (χ1) is 12.1. The van der Waals surface area contributed by atoms with Crippen molar-refractivity contribution < 1.29 is 9.59 Å². The Labute approximate surface area is 156 Å². The van der Waals surface area contributed by atoms with E-state index in [9.17, 15) is 9.59 Å². The molecule has 0 aromatic carbocycles. The van der Waals surface area contributed by atoms with Gasteiger partial charge in [0.05, 0.1) is 5.54 Å². The molecule has 0 aliphatic heterocycles. The van der Waals surface area contributed by atoms with Crippen LogP contribution < -0.4 is 11.1 Å². The number of hydrogen-bond acceptors (Lipinski definition) is 3. The van der Waals surface area contributed by atoms with Crippen molar-refractivity contribution in [1.29, 1.82) is 0 Å². The molecule has 0 aromatic heterocycles. The van der Waals surface area contributed by atoms with E-state index >= 15 is 0 Å². The van der Waals surface area contributed by atoms with Crippen LogP contribution in [-0.4, -0.2) is 24.3 Å². The Bertz CT molecular complexity index is 294. The molecule has 1 fully saturated rings. The predicted octanol–water partition coefficient (Wildman–Crippen LogP) is 5.14. The quantitative estimate of drug-likeness (QED) is 0.355. The van der Waals surface area contributed by atoms with Crippen LogP contribution in [0.15, 0.2) is 0 Å². The fourth-order valence-electron chi connectivity index (χ4n) is 2.24. The second-order valence-corrected chi connectivity index (χ2v) is 6.70. The van der Waals surface area contributed by atoms with Crippen LogP contribution >= 0.6 is 0 Å². The molecule has 0 bridgehead atoms. The zero-order chi connectivity index (χ0) is 19.4. The van der Waals surface area contributed by atoms with Gasteiger partial charge in [-0.1, -0.05) is 79.1 Å². The average molecular weight is 357 g/mol. The normalized spacial score (nSPS) is 12.2. The fourth-order valence-corrected chi connectivity index (χ4v) is 2.24. The van der Waals surface area contributed by atoms with Gasteiger partial charge in [0, 0.05) is 13.0 Å². The van der Waals surface area contributed by atoms with E-state index in [2.05, 4.69) is 19.2 Å². The maximum Gasteiger partial charge on any atom is 0.240 e. The van der Waals surface area contributed by atoms with E-state index in [0.29, 0.717) is 13.0 Å². The Morgan fingerprint density at radius 3 is 1.88 bits per heavy atom. The summed E-state index contributed by atoms with van der Waals surface area (Å²) in [5.41, 5.74) is 5.62. The Morgan fingerprint density at radius 2 is 1.48 bits per heavy atom. The average Bonchev–Trinajstić information content (AvgIpc) is 3.51. The highest BCUT2D eigenvalue weighted by atomic mass is 16.2. The second kappa shape index (κ2) is 19.4. The van der Waals surface area contributed by atoms with Crippen LogP contribution in [-0.2, 0) is 9.59 Å². The number of nitrogens with two attached hydrogens (primary N) is 1. The minimum Gasteiger partial charge on any atom is -0.355 e. The lowest BCUT2D eigenvalue weighted by Gasteiger charge is -2.28. The summed E-state index contributed by atoms with van der Waals surface area (Å²) in [4.78, 5) is 22.5. The number of hydrogen-bond donors (Lipinski definition) is 2. The minimum absolute atomic E-state index is 0.00483. The maximum atomic E-state index is 12.3. The van der Waals surface area contributed by atoms with Crippen molar-refractivity contribution in [3.8, 4) is 0 Å². The molecule has 25 heavy (non-hydrogen) atoms. The fraction of sp³-hybridized carbons (Fsp3) is 0.905. The van der Waals surface area contributed by atoms with Crippen LogP contribution in [0.1, 0.15) is 111 Å². The number of rotatable bonds is 13. The van der Waals surface area contributed by atoms with Gasteiger partial charge in [-0.25, -0.2) is 0 Å². The topological polar surface area (TPSA) is 72.2 Å². The summed E-state index contributed by atoms with van der Waals surface area (Å²) in [7, 11) is 0. The van der Waals surface area contributed by atoms with Gasteiger partial charge < -0.3 is 15.8 Å². The van der Waals surface area contributed by atoms with E-state index in [4.69, 9.17) is 5.73 Å². The summed E-state index contributed by atoms with van der Waals surface area (Å²) in [5, 5.41) is 2.97. The third kappa shape index (κ3) is 17.7. The highest BCUT2D eigenvalue weighted by Gasteiger charge is 2.32. The van der Waals surface area contributed by atoms with Gasteiger partial charge in [-0.2, -0.15) is 0 Å². The third-order valence-corrected chi connectivity index (χ3v) is 4.04. The van der Waals surface area contributed by atoms with Crippen LogP contribution in [0.3, 0.4) is 0 Å². The summed E-state index contributed by atoms with van der Waals surface area (Å²) in [6.07, 6.45) is 14.5. The van der Waals surface area contributed by atoms with E-state index in [-0.39, 0.29) is 5.91 Å². The summed E-state index contributed by atoms with van der Waals surface area (Å²) >= 11 is 0. The van der Waals surface area contributed by atoms with Crippen molar-refractivity contribution in [2.24, 2.45) is 5.73 Å². The van der Waals surface area contributed by atoms with Gasteiger partial charge in [0.2, 0.25) is 5.91 Å². The highest BCUT2D eigenvalue weighted by Crippen LogP contribution is 2.19. The SMILES string of the molecule is C1CC1.CC.CCCCC(N)(CCCC)C(=O)NCCCCCC=O. The lowest BCUT2D eigenvalue weighted by Crippen LogP contribution is -2.54. The molecule has 0 unspecified atom stereocenters. The van der Waals surface area contributed by atoms with Crippen molar-refractivity contribution in [2.45, 2.75) is 117 Å². The lowest BCUT2D eigenvalue weighted by molar-refractivity contribution is -0.127. The zero-order valence-electron chi connectivity index (χ0n) is 17.4. The van der Waals surface area contributed by atoms with Crippen LogP contribution in [0.5, 0.6) is 0 Å². The van der Waals surface area contributed by atoms with Crippen molar-refractivity contribution in [2.75, 3.05) is 6.54 Å². The molecule has 1 aliphatic carbocycles. The Kier molecular flexibility index (Phi) is 20.5. The Hall–Kier alpha value is -0.900. The second-order valence-electron chi connectivity index (χ2n) is 6.70. The number of aldehydes is 1. The third-order valence-electron chi connectivity index (χ3n) is 4.04. The molecule has 1 saturated carbocycles. The number of amides is 1. The van der Waals surface area contributed by atoms with Crippen molar-refractivity contribution in [3.63, 3.8) is 0 Å². The molecule has 0 aromatic rings. The highest BCUT2D eigenvalue weighted by molar-refractivity contribution is 5.85. The summed E-state index contributed by atoms with van der Waals surface area (Å²) in [6.45, 7) is 8.89. The first-order valence-corrected chi connectivity index (χ1v) is 10.6. The lowest BCUT2D eigenvalue weighted by atomic mass is 9.87. The van der Waals surface area contributed by atoms with E-state index in [0.717, 1.165) is 64.1 Å². The smallest absolute Gasteiger partial charge is 0.240 e. The Morgan fingerprint density at radius 1 is 0.960 bits per heavy atom. The number of nitrogens with one attached hydrogen (secondary N) is 1. The maximum absolute atomic E-state index is 12.3. The molecule has 4 heteroatoms. The van der Waals surface area contributed by atoms with E-state index in [1.807, 2.05) is 13.8 Å². The molecule has 1 amide bonds. The largest absolute Gasteiger partial charge is 0.355 e. The molecule has 1 aliphatic rings. The van der Waals surface area contributed by atoms with Crippen LogP contribution in [0.4, 0.5) is 0 Å². The predicted molar refractivity (Wildman–Crippen MR) is 109 cm³/mol. The van der Waals surface area contributed by atoms with Crippen LogP contribution in [0, 0.1) is 0 Å². The van der Waals surface area contributed by atoms with Gasteiger partial charge in [0.25, 0.3) is 0 Å². The molecule has 0 spiro atoms. The Balaban J connectivity index is 0. The molecular weight excluding hydrogens is 312 g/mol. The van der Waals surface area contributed by atoms with E-state index in [1.54, 1.807) is 0 Å². The standard InChI is InChI=1S/C16H32N2O2.C3H6.C2H6/c1-3-5-11-16(17,12-6-4-2)15(20)18-13-9-7-8-10-14-19;1-2-3-1;1-2/h14H,3-13,17H2,1-2H3,(H,18,20);1-3H2;1-2H3. The molecule has 0 atom stereocenters. The van der Waals surface area contributed by atoms with Crippen molar-refractivity contribution in [3.05, 3.63) is 0 Å². The molecular formula is C21H44N2O2. The number of carbonyl (C=O) groups excluding carboxylic acids is 2. The molecule has 3 N–H and O–H groups in total. The first kappa shape index (κ1) is 26.3. The van der Waals surface area contributed by atoms with Crippen LogP contribution in [0.2, 0.25) is 0 Å². The molecule has 1 rings (SSSR count). The molecule has 0 radical (unpaired) electrons. The monoisotopic (exact) mass is 356 g/mol. The van der Waals surface area contributed by atoms with Gasteiger partial charge in [0.1, 0.15) is 6.29 Å². The minimum atomic E-state index is -0.700. The summed E-state index contributed by atoms with van der Waals surface area (Å²) < 4.78 is 0. The number of carbonyl (C=O) groups is 2. The van der Waals surface area contributed by atoms with Gasteiger partial charge in [-0.05, 0) is 25.7 Å². The van der Waals surface area contributed by atoms with Gasteiger partial charge in [-0.15, -0.1) is 0 Å². The molecule has 0 saturated heterocycles. The molecule has 4 nitrogen and oxygen atoms in total. The van der Waals surface area contributed by atoms with Crippen molar-refractivity contribution in [1.82, 2.24) is 5.32 Å². The first-order valence-electron chi connectivity index (χ1n) is 10.6. The molecule has 150 valence electrons. The van der Waals surface area contributed by atoms with Gasteiger partial charge in [0.15, 0.2) is 0 Å². The summed E-state index contributed by atoms with van der Waals surface area (Å²) in [6, 6.07) is 0. The number of unbranched alkanes of at least 4 members (excludes halogenated alkanes) is 5. The van der Waals surface area contributed by atoms with Gasteiger partial charge in [-0.3, -0.25) is 4.79 Å². The van der Waals surface area contributed by atoms with Crippen molar-refractivity contribution >= 4 is 12.2 Å². The van der Waals surface area contributed by atoms with Gasteiger partial charge >= 0.3 is 0 Å². The molecule has 0 heterocycles. The summed E-state index contributed by atoms with van der Waals surface area (Å²) in [5.74, 6) is -0.00483. The zero-order valence-corrected chi connectivity index (χ0v) is 17.4. The van der Waals surface area contributed by atoms with E-state index < -0.39 is 5.54 Å². The van der Waals surface area contributed by atoms with E-state index in [1.165, 1.54) is 19.3 Å². The van der Waals surface area contributed by atoms with Crippen LogP contribution in [0.25, 0.3) is 0 Å².